The Bertz CT molecular complexity index is 1680. The molecule has 6 rings (SSSR count). The van der Waals surface area contributed by atoms with Crippen LogP contribution in [0.15, 0.2) is 82.0 Å². The van der Waals surface area contributed by atoms with Crippen LogP contribution < -0.4 is 15.1 Å². The summed E-state index contributed by atoms with van der Waals surface area (Å²) in [6.07, 6.45) is 0.685. The zero-order chi connectivity index (χ0) is 25.5. The normalized spacial score (nSPS) is 14.8. The van der Waals surface area contributed by atoms with Crippen molar-refractivity contribution in [3.05, 3.63) is 116 Å². The fourth-order valence-electron chi connectivity index (χ4n) is 4.43. The van der Waals surface area contributed by atoms with Crippen LogP contribution >= 0.6 is 22.9 Å². The lowest BCUT2D eigenvalue weighted by atomic mass is 9.98. The van der Waals surface area contributed by atoms with Gasteiger partial charge in [0, 0.05) is 5.02 Å². The molecule has 0 fully saturated rings. The lowest BCUT2D eigenvalue weighted by Crippen LogP contribution is -2.29. The summed E-state index contributed by atoms with van der Waals surface area (Å²) in [6.45, 7) is 2.40. The minimum absolute atomic E-state index is 0.00229. The third-order valence-electron chi connectivity index (χ3n) is 6.24. The summed E-state index contributed by atoms with van der Waals surface area (Å²) in [5.41, 5.74) is 2.04. The Morgan fingerprint density at radius 3 is 2.54 bits per heavy atom. The van der Waals surface area contributed by atoms with Gasteiger partial charge < -0.3 is 9.15 Å². The Kier molecular flexibility index (Phi) is 5.98. The molecule has 1 atom stereocenters. The van der Waals surface area contributed by atoms with E-state index < -0.39 is 11.9 Å². The molecule has 0 N–H and O–H groups in total. The Labute approximate surface area is 220 Å². The number of fused-ring (bicyclic) bond motifs is 2. The molecule has 0 radical (unpaired) electrons. The molecule has 2 aromatic heterocycles. The van der Waals surface area contributed by atoms with Crippen molar-refractivity contribution in [2.24, 2.45) is 0 Å². The van der Waals surface area contributed by atoms with E-state index in [9.17, 15) is 9.59 Å². The molecule has 1 aliphatic heterocycles. The smallest absolute Gasteiger partial charge is 0.297 e. The largest absolute Gasteiger partial charge is 0.489 e. The lowest BCUT2D eigenvalue weighted by Gasteiger charge is -2.22. The maximum absolute atomic E-state index is 13.7. The third kappa shape index (κ3) is 4.18. The first-order valence-electron chi connectivity index (χ1n) is 11.7. The molecular formula is C28H20ClN3O4S. The van der Waals surface area contributed by atoms with Crippen LogP contribution in [0.25, 0.3) is 11.0 Å². The van der Waals surface area contributed by atoms with Crippen molar-refractivity contribution in [3.63, 3.8) is 0 Å². The van der Waals surface area contributed by atoms with Gasteiger partial charge >= 0.3 is 0 Å². The van der Waals surface area contributed by atoms with Gasteiger partial charge in [0.1, 0.15) is 22.9 Å². The van der Waals surface area contributed by atoms with E-state index in [0.717, 1.165) is 16.1 Å². The van der Waals surface area contributed by atoms with E-state index in [-0.39, 0.29) is 16.8 Å². The van der Waals surface area contributed by atoms with Crippen molar-refractivity contribution in [2.75, 3.05) is 4.90 Å². The molecule has 1 aliphatic rings. The van der Waals surface area contributed by atoms with Gasteiger partial charge in [-0.3, -0.25) is 14.5 Å². The molecule has 7 nitrogen and oxygen atoms in total. The summed E-state index contributed by atoms with van der Waals surface area (Å²) in [5.74, 6) is 0.241. The number of anilines is 1. The van der Waals surface area contributed by atoms with Crippen LogP contribution in [0, 0.1) is 0 Å². The Hall–Kier alpha value is -4.01. The van der Waals surface area contributed by atoms with Crippen molar-refractivity contribution in [2.45, 2.75) is 26.0 Å². The minimum atomic E-state index is -0.733. The van der Waals surface area contributed by atoms with Crippen molar-refractivity contribution >= 4 is 44.9 Å². The van der Waals surface area contributed by atoms with Crippen molar-refractivity contribution in [3.8, 4) is 5.75 Å². The summed E-state index contributed by atoms with van der Waals surface area (Å²) in [7, 11) is 0. The van der Waals surface area contributed by atoms with Gasteiger partial charge in [-0.25, -0.2) is 0 Å². The molecule has 3 aromatic carbocycles. The number of aryl methyl sites for hydroxylation is 1. The van der Waals surface area contributed by atoms with E-state index in [1.165, 1.54) is 16.2 Å². The second-order valence-corrected chi connectivity index (χ2v) is 10.0. The molecular weight excluding hydrogens is 510 g/mol. The monoisotopic (exact) mass is 529 g/mol. The Morgan fingerprint density at radius 2 is 1.81 bits per heavy atom. The molecule has 3 heterocycles. The molecule has 0 spiro atoms. The number of rotatable bonds is 6. The number of benzene rings is 3. The number of carbonyl (C=O) groups excluding carboxylic acids is 1. The van der Waals surface area contributed by atoms with Gasteiger partial charge in [0.2, 0.25) is 10.9 Å². The molecule has 1 unspecified atom stereocenters. The average molecular weight is 530 g/mol. The first-order chi connectivity index (χ1) is 18.0. The van der Waals surface area contributed by atoms with E-state index >= 15 is 0 Å². The average Bonchev–Trinajstić information content (AvgIpc) is 3.51. The van der Waals surface area contributed by atoms with Crippen LogP contribution in [-0.2, 0) is 13.0 Å². The van der Waals surface area contributed by atoms with E-state index in [1.807, 2.05) is 61.5 Å². The third-order valence-corrected chi connectivity index (χ3v) is 7.54. The molecule has 184 valence electrons. The lowest BCUT2D eigenvalue weighted by molar-refractivity contribution is 0.0970. The molecule has 37 heavy (non-hydrogen) atoms. The summed E-state index contributed by atoms with van der Waals surface area (Å²) in [6, 6.07) is 21.3. The highest BCUT2D eigenvalue weighted by molar-refractivity contribution is 7.15. The van der Waals surface area contributed by atoms with Gasteiger partial charge in [-0.2, -0.15) is 0 Å². The van der Waals surface area contributed by atoms with Crippen LogP contribution in [0.5, 0.6) is 5.75 Å². The quantitative estimate of drug-likeness (QED) is 0.261. The van der Waals surface area contributed by atoms with Crippen LogP contribution in [0.2, 0.25) is 5.02 Å². The molecule has 0 aliphatic carbocycles. The zero-order valence-electron chi connectivity index (χ0n) is 19.7. The molecule has 5 aromatic rings. The van der Waals surface area contributed by atoms with E-state index in [0.29, 0.717) is 39.9 Å². The fourth-order valence-corrected chi connectivity index (χ4v) is 5.41. The van der Waals surface area contributed by atoms with E-state index in [1.54, 1.807) is 18.2 Å². The first kappa shape index (κ1) is 23.4. The van der Waals surface area contributed by atoms with Crippen molar-refractivity contribution in [1.29, 1.82) is 0 Å². The maximum Gasteiger partial charge on any atom is 0.297 e. The molecule has 1 amide bonds. The maximum atomic E-state index is 13.7. The van der Waals surface area contributed by atoms with Gasteiger partial charge in [-0.1, -0.05) is 72.3 Å². The fraction of sp³-hybridized carbons (Fsp3) is 0.143. The van der Waals surface area contributed by atoms with Gasteiger partial charge in [0.15, 0.2) is 5.43 Å². The Balaban J connectivity index is 1.44. The number of hydrogen-bond acceptors (Lipinski definition) is 7. The van der Waals surface area contributed by atoms with Crippen LogP contribution in [-0.4, -0.2) is 16.1 Å². The minimum Gasteiger partial charge on any atom is -0.489 e. The predicted molar refractivity (Wildman–Crippen MR) is 143 cm³/mol. The Morgan fingerprint density at radius 1 is 1.03 bits per heavy atom. The van der Waals surface area contributed by atoms with Crippen molar-refractivity contribution in [1.82, 2.24) is 10.2 Å². The van der Waals surface area contributed by atoms with Gasteiger partial charge in [-0.05, 0) is 47.9 Å². The molecule has 0 bridgehead atoms. The predicted octanol–water partition coefficient (Wildman–Crippen LogP) is 6.19. The number of halogens is 1. The number of hydrogen-bond donors (Lipinski definition) is 0. The van der Waals surface area contributed by atoms with Gasteiger partial charge in [-0.15, -0.1) is 10.2 Å². The number of nitrogens with zero attached hydrogens (tertiary/aromatic N) is 3. The number of carbonyl (C=O) groups is 1. The van der Waals surface area contributed by atoms with Crippen LogP contribution in [0.4, 0.5) is 5.13 Å². The molecule has 0 saturated carbocycles. The summed E-state index contributed by atoms with van der Waals surface area (Å²) < 4.78 is 11.9. The summed E-state index contributed by atoms with van der Waals surface area (Å²) in [4.78, 5) is 28.9. The summed E-state index contributed by atoms with van der Waals surface area (Å²) >= 11 is 7.49. The van der Waals surface area contributed by atoms with Gasteiger partial charge in [0.05, 0.1) is 17.0 Å². The van der Waals surface area contributed by atoms with Crippen molar-refractivity contribution < 1.29 is 13.9 Å². The van der Waals surface area contributed by atoms with E-state index in [2.05, 4.69) is 10.2 Å². The molecule has 9 heteroatoms. The number of ether oxygens (including phenoxy) is 1. The highest BCUT2D eigenvalue weighted by Gasteiger charge is 2.45. The van der Waals surface area contributed by atoms with Crippen LogP contribution in [0.1, 0.15) is 45.2 Å². The highest BCUT2D eigenvalue weighted by Crippen LogP contribution is 2.42. The SMILES string of the molecule is CCc1nnc(N2C(=O)c3oc4ccc(Cl)cc4c(=O)c3C2c2ccc(OCc3ccccc3)cc2)s1. The second-order valence-electron chi connectivity index (χ2n) is 8.57. The highest BCUT2D eigenvalue weighted by atomic mass is 35.5. The second kappa shape index (κ2) is 9.46. The zero-order valence-corrected chi connectivity index (χ0v) is 21.3. The van der Waals surface area contributed by atoms with E-state index in [4.69, 9.17) is 20.8 Å². The number of amides is 1. The van der Waals surface area contributed by atoms with Gasteiger partial charge in [0.25, 0.3) is 5.91 Å². The molecule has 0 saturated heterocycles. The standard InChI is InChI=1S/C28H20ClN3O4S/c1-2-22-30-31-28(37-22)32-24(17-8-11-19(12-9-17)35-15-16-6-4-3-5-7-16)23-25(33)20-14-18(29)10-13-21(20)36-26(23)27(32)34/h3-14,24H,2,15H2,1H3. The number of aromatic nitrogens is 2. The van der Waals surface area contributed by atoms with Crippen LogP contribution in [0.3, 0.4) is 0 Å². The first-order valence-corrected chi connectivity index (χ1v) is 12.9. The topological polar surface area (TPSA) is 85.5 Å². The summed E-state index contributed by atoms with van der Waals surface area (Å²) in [5, 5.41) is 10.4.